The van der Waals surface area contributed by atoms with E-state index < -0.39 is 24.7 Å². The fraction of sp³-hybridized carbons (Fsp3) is 0.312. The third-order valence-corrected chi connectivity index (χ3v) is 3.69. The van der Waals surface area contributed by atoms with E-state index in [1.54, 1.807) is 0 Å². The number of nitrogens with one attached hydrogen (secondary N) is 1. The van der Waals surface area contributed by atoms with Crippen molar-refractivity contribution in [2.24, 2.45) is 0 Å². The van der Waals surface area contributed by atoms with Crippen molar-refractivity contribution in [3.8, 4) is 0 Å². The van der Waals surface area contributed by atoms with Crippen molar-refractivity contribution in [3.63, 3.8) is 0 Å². The molecule has 1 aromatic rings. The zero-order valence-electron chi connectivity index (χ0n) is 13.1. The normalized spacial score (nSPS) is 22.6. The molecule has 0 aliphatic carbocycles. The summed E-state index contributed by atoms with van der Waals surface area (Å²) in [6, 6.07) is 9.20. The number of amides is 2. The van der Waals surface area contributed by atoms with E-state index >= 15 is 0 Å². The van der Waals surface area contributed by atoms with Crippen molar-refractivity contribution in [2.75, 3.05) is 6.54 Å². The van der Waals surface area contributed by atoms with Gasteiger partial charge >= 0.3 is 12.2 Å². The molecule has 9 heteroatoms. The maximum absolute atomic E-state index is 11.6. The predicted octanol–water partition coefficient (Wildman–Crippen LogP) is 1.41. The minimum Gasteiger partial charge on any atom is -0.468 e. The predicted molar refractivity (Wildman–Crippen MR) is 81.9 cm³/mol. The van der Waals surface area contributed by atoms with Gasteiger partial charge in [-0.05, 0) is 11.6 Å². The Kier molecular flexibility index (Phi) is 4.73. The van der Waals surface area contributed by atoms with Crippen LogP contribution in [0.25, 0.3) is 0 Å². The summed E-state index contributed by atoms with van der Waals surface area (Å²) in [6.45, 7) is 0.173. The quantitative estimate of drug-likeness (QED) is 0.610. The molecule has 0 radical (unpaired) electrons. The van der Waals surface area contributed by atoms with Crippen LogP contribution in [0.15, 0.2) is 42.2 Å². The van der Waals surface area contributed by atoms with E-state index in [1.165, 1.54) is 11.0 Å². The molecule has 2 amide bonds. The number of carbonyl (C=O) groups excluding carboxylic acids is 2. The molecule has 0 saturated carbocycles. The molecule has 0 spiro atoms. The summed E-state index contributed by atoms with van der Waals surface area (Å²) >= 11 is 0. The maximum atomic E-state index is 11.6. The smallest absolute Gasteiger partial charge is 0.468 e. The highest BCUT2D eigenvalue weighted by Gasteiger charge is 2.52. The molecular formula is C16H16N2O7. The minimum atomic E-state index is -1.52. The van der Waals surface area contributed by atoms with Crippen LogP contribution in [-0.2, 0) is 25.6 Å². The molecule has 0 unspecified atom stereocenters. The minimum absolute atomic E-state index is 0.0389. The second-order valence-corrected chi connectivity index (χ2v) is 5.36. The third kappa shape index (κ3) is 3.82. The number of hydrogen-bond donors (Lipinski definition) is 2. The molecule has 2 saturated heterocycles. The molecule has 1 aromatic carbocycles. The van der Waals surface area contributed by atoms with Crippen LogP contribution >= 0.6 is 0 Å². The first kappa shape index (κ1) is 16.6. The molecule has 2 aliphatic rings. The molecular weight excluding hydrogens is 332 g/mol. The monoisotopic (exact) mass is 348 g/mol. The summed E-state index contributed by atoms with van der Waals surface area (Å²) in [4.78, 5) is 35.1. The lowest BCUT2D eigenvalue weighted by Crippen LogP contribution is -2.53. The number of alkyl carbamates (subject to hydrolysis) is 1. The van der Waals surface area contributed by atoms with Gasteiger partial charge < -0.3 is 24.6 Å². The van der Waals surface area contributed by atoms with Gasteiger partial charge in [0.15, 0.2) is 12.0 Å². The van der Waals surface area contributed by atoms with Gasteiger partial charge in [0.25, 0.3) is 0 Å². The Labute approximate surface area is 142 Å². The Balaban J connectivity index is 1.49. The largest absolute Gasteiger partial charge is 0.508 e. The van der Waals surface area contributed by atoms with Gasteiger partial charge in [0.2, 0.25) is 12.1 Å². The van der Waals surface area contributed by atoms with Crippen molar-refractivity contribution in [1.82, 2.24) is 10.2 Å². The van der Waals surface area contributed by atoms with Crippen molar-refractivity contribution < 1.29 is 33.7 Å². The van der Waals surface area contributed by atoms with E-state index in [0.717, 1.165) is 5.56 Å². The number of nitrogens with zero attached hydrogens (tertiary/aromatic N) is 1. The standard InChI is InChI=1S/C16H16N2O7/c19-12-8-13-18(12)14(25-16(21)22)11(24-13)6-7-17-15(20)23-9-10-4-2-1-3-5-10/h1-6,13-14H,7-9H2,(H,17,20)(H,21,22)/b11-6-/t13-,14-/m0/s1. The number of fused-ring (bicyclic) bond motifs is 1. The molecule has 25 heavy (non-hydrogen) atoms. The van der Waals surface area contributed by atoms with Crippen LogP contribution in [0.2, 0.25) is 0 Å². The first-order valence-electron chi connectivity index (χ1n) is 7.56. The van der Waals surface area contributed by atoms with Crippen LogP contribution in [0.3, 0.4) is 0 Å². The Morgan fingerprint density at radius 1 is 1.36 bits per heavy atom. The van der Waals surface area contributed by atoms with Crippen molar-refractivity contribution >= 4 is 18.2 Å². The number of rotatable bonds is 5. The Morgan fingerprint density at radius 2 is 2.12 bits per heavy atom. The van der Waals surface area contributed by atoms with Crippen LogP contribution in [0.5, 0.6) is 0 Å². The van der Waals surface area contributed by atoms with E-state index in [4.69, 9.17) is 14.6 Å². The van der Waals surface area contributed by atoms with Crippen LogP contribution < -0.4 is 5.32 Å². The molecule has 2 aliphatic heterocycles. The molecule has 132 valence electrons. The summed E-state index contributed by atoms with van der Waals surface area (Å²) in [5.74, 6) is -0.0866. The zero-order valence-corrected chi connectivity index (χ0v) is 13.1. The summed E-state index contributed by atoms with van der Waals surface area (Å²) < 4.78 is 15.2. The molecule has 2 heterocycles. The van der Waals surface area contributed by atoms with E-state index in [-0.39, 0.29) is 31.2 Å². The lowest BCUT2D eigenvalue weighted by atomic mass is 10.2. The Morgan fingerprint density at radius 3 is 2.80 bits per heavy atom. The number of β-lactam (4-membered cyclic amide) rings is 1. The fourth-order valence-electron chi connectivity index (χ4n) is 2.50. The second-order valence-electron chi connectivity index (χ2n) is 5.36. The van der Waals surface area contributed by atoms with Gasteiger partial charge in [-0.15, -0.1) is 0 Å². The highest BCUT2D eigenvalue weighted by atomic mass is 16.7. The van der Waals surface area contributed by atoms with E-state index in [0.29, 0.717) is 0 Å². The van der Waals surface area contributed by atoms with Gasteiger partial charge in [-0.1, -0.05) is 30.3 Å². The van der Waals surface area contributed by atoms with Gasteiger partial charge in [-0.2, -0.15) is 0 Å². The first-order chi connectivity index (χ1) is 12.0. The lowest BCUT2D eigenvalue weighted by molar-refractivity contribution is -0.164. The molecule has 2 fully saturated rings. The van der Waals surface area contributed by atoms with E-state index in [9.17, 15) is 14.4 Å². The molecule has 2 N–H and O–H groups in total. The molecule has 2 atom stereocenters. The van der Waals surface area contributed by atoms with Crippen LogP contribution in [0, 0.1) is 0 Å². The molecule has 0 aromatic heterocycles. The average Bonchev–Trinajstić information content (AvgIpc) is 2.84. The maximum Gasteiger partial charge on any atom is 0.508 e. The number of carbonyl (C=O) groups is 3. The SMILES string of the molecule is O=C(O)O[C@H]1/C(=C/CNC(=O)OCc2ccccc2)O[C@H]2CC(=O)N21. The van der Waals surface area contributed by atoms with Crippen LogP contribution in [0.4, 0.5) is 9.59 Å². The van der Waals surface area contributed by atoms with Gasteiger partial charge in [-0.25, -0.2) is 9.59 Å². The molecule has 3 rings (SSSR count). The summed E-state index contributed by atoms with van der Waals surface area (Å²) in [6.07, 6.45) is -2.17. The average molecular weight is 348 g/mol. The summed E-state index contributed by atoms with van der Waals surface area (Å²) in [7, 11) is 0. The van der Waals surface area contributed by atoms with Gasteiger partial charge in [0.1, 0.15) is 6.61 Å². The topological polar surface area (TPSA) is 114 Å². The first-order valence-corrected chi connectivity index (χ1v) is 7.56. The summed E-state index contributed by atoms with van der Waals surface area (Å²) in [5.41, 5.74) is 0.855. The lowest BCUT2D eigenvalue weighted by Gasteiger charge is -2.33. The van der Waals surface area contributed by atoms with Crippen molar-refractivity contribution in [3.05, 3.63) is 47.7 Å². The Bertz CT molecular complexity index is 704. The highest BCUT2D eigenvalue weighted by Crippen LogP contribution is 2.36. The van der Waals surface area contributed by atoms with Crippen LogP contribution in [0.1, 0.15) is 12.0 Å². The fourth-order valence-corrected chi connectivity index (χ4v) is 2.50. The Hall–Kier alpha value is -3.23. The van der Waals surface area contributed by atoms with E-state index in [2.05, 4.69) is 10.1 Å². The molecule has 9 nitrogen and oxygen atoms in total. The number of benzene rings is 1. The number of hydrogen-bond acceptors (Lipinski definition) is 6. The zero-order chi connectivity index (χ0) is 17.8. The highest BCUT2D eigenvalue weighted by molar-refractivity contribution is 5.84. The van der Waals surface area contributed by atoms with E-state index in [1.807, 2.05) is 30.3 Å². The van der Waals surface area contributed by atoms with Gasteiger partial charge in [0.05, 0.1) is 6.42 Å². The summed E-state index contributed by atoms with van der Waals surface area (Å²) in [5, 5.41) is 11.3. The molecule has 0 bridgehead atoms. The van der Waals surface area contributed by atoms with Gasteiger partial charge in [0, 0.05) is 6.54 Å². The van der Waals surface area contributed by atoms with Crippen molar-refractivity contribution in [2.45, 2.75) is 25.5 Å². The second kappa shape index (κ2) is 7.12. The number of carboxylic acid groups (broad SMARTS) is 1. The van der Waals surface area contributed by atoms with Gasteiger partial charge in [-0.3, -0.25) is 9.69 Å². The van der Waals surface area contributed by atoms with Crippen LogP contribution in [-0.4, -0.2) is 47.2 Å². The number of ether oxygens (including phenoxy) is 3. The van der Waals surface area contributed by atoms with Crippen molar-refractivity contribution in [1.29, 1.82) is 0 Å². The third-order valence-electron chi connectivity index (χ3n) is 3.69.